The molecule has 1 atom stereocenters. The van der Waals surface area contributed by atoms with E-state index in [9.17, 15) is 8.78 Å². The second-order valence-corrected chi connectivity index (χ2v) is 5.35. The van der Waals surface area contributed by atoms with Crippen LogP contribution in [0.25, 0.3) is 0 Å². The van der Waals surface area contributed by atoms with Gasteiger partial charge in [-0.1, -0.05) is 25.7 Å². The third-order valence-corrected chi connectivity index (χ3v) is 4.05. The monoisotopic (exact) mass is 253 g/mol. The molecule has 100 valence electrons. The Morgan fingerprint density at radius 2 is 1.89 bits per heavy atom. The van der Waals surface area contributed by atoms with Crippen LogP contribution in [0.4, 0.5) is 8.78 Å². The highest BCUT2D eigenvalue weighted by Gasteiger charge is 2.22. The number of hydrogen-bond acceptors (Lipinski definition) is 1. The Hall–Kier alpha value is -0.960. The summed E-state index contributed by atoms with van der Waals surface area (Å²) >= 11 is 0. The van der Waals surface area contributed by atoms with E-state index in [1.54, 1.807) is 13.0 Å². The summed E-state index contributed by atoms with van der Waals surface area (Å²) in [5.74, 6) is -0.227. The van der Waals surface area contributed by atoms with Gasteiger partial charge in [-0.15, -0.1) is 0 Å². The molecule has 0 radical (unpaired) electrons. The molecule has 0 bridgehead atoms. The molecule has 1 fully saturated rings. The zero-order chi connectivity index (χ0) is 13.1. The van der Waals surface area contributed by atoms with Crippen molar-refractivity contribution in [3.63, 3.8) is 0 Å². The van der Waals surface area contributed by atoms with E-state index < -0.39 is 11.6 Å². The highest BCUT2D eigenvalue weighted by molar-refractivity contribution is 5.28. The van der Waals surface area contributed by atoms with Gasteiger partial charge in [0.15, 0.2) is 0 Å². The first-order valence-electron chi connectivity index (χ1n) is 6.74. The molecule has 2 rings (SSSR count). The quantitative estimate of drug-likeness (QED) is 0.851. The maximum atomic E-state index is 13.9. The van der Waals surface area contributed by atoms with E-state index in [0.29, 0.717) is 17.0 Å². The smallest absolute Gasteiger partial charge is 0.130 e. The SMILES string of the molecule is CNC(CC1CCCC1)c1cc(C)c(F)cc1F. The predicted octanol–water partition coefficient (Wildman–Crippen LogP) is 4.11. The van der Waals surface area contributed by atoms with Crippen LogP contribution in [0.1, 0.15) is 49.3 Å². The van der Waals surface area contributed by atoms with Gasteiger partial charge < -0.3 is 5.32 Å². The first-order valence-corrected chi connectivity index (χ1v) is 6.74. The molecule has 0 saturated heterocycles. The minimum absolute atomic E-state index is 0.00704. The summed E-state index contributed by atoms with van der Waals surface area (Å²) in [6.07, 6.45) is 5.98. The predicted molar refractivity (Wildman–Crippen MR) is 69.5 cm³/mol. The largest absolute Gasteiger partial charge is 0.313 e. The van der Waals surface area contributed by atoms with Gasteiger partial charge in [0.05, 0.1) is 0 Å². The molecule has 3 heteroatoms. The number of aryl methyl sites for hydroxylation is 1. The van der Waals surface area contributed by atoms with Gasteiger partial charge in [-0.2, -0.15) is 0 Å². The summed E-state index contributed by atoms with van der Waals surface area (Å²) in [4.78, 5) is 0. The van der Waals surface area contributed by atoms with Crippen LogP contribution >= 0.6 is 0 Å². The molecular formula is C15H21F2N. The number of halogens is 2. The van der Waals surface area contributed by atoms with Crippen LogP contribution in [0, 0.1) is 24.5 Å². The Bertz CT molecular complexity index is 411. The van der Waals surface area contributed by atoms with Crippen molar-refractivity contribution in [3.8, 4) is 0 Å². The van der Waals surface area contributed by atoms with E-state index in [-0.39, 0.29) is 6.04 Å². The maximum Gasteiger partial charge on any atom is 0.130 e. The lowest BCUT2D eigenvalue weighted by Crippen LogP contribution is -2.20. The van der Waals surface area contributed by atoms with Crippen LogP contribution in [0.2, 0.25) is 0 Å². The van der Waals surface area contributed by atoms with Gasteiger partial charge in [-0.05, 0) is 37.9 Å². The molecule has 0 spiro atoms. The third-order valence-electron chi connectivity index (χ3n) is 4.05. The van der Waals surface area contributed by atoms with Crippen molar-refractivity contribution in [2.24, 2.45) is 5.92 Å². The van der Waals surface area contributed by atoms with Crippen molar-refractivity contribution in [1.82, 2.24) is 5.32 Å². The molecule has 1 nitrogen and oxygen atoms in total. The van der Waals surface area contributed by atoms with Crippen molar-refractivity contribution in [3.05, 3.63) is 34.9 Å². The second-order valence-electron chi connectivity index (χ2n) is 5.35. The van der Waals surface area contributed by atoms with E-state index in [1.165, 1.54) is 25.7 Å². The summed E-state index contributed by atoms with van der Waals surface area (Å²) in [6, 6.07) is 2.64. The Morgan fingerprint density at radius 1 is 1.22 bits per heavy atom. The van der Waals surface area contributed by atoms with Gasteiger partial charge in [-0.3, -0.25) is 0 Å². The minimum Gasteiger partial charge on any atom is -0.313 e. The normalized spacial score (nSPS) is 18.2. The number of benzene rings is 1. The van der Waals surface area contributed by atoms with Crippen molar-refractivity contribution in [1.29, 1.82) is 0 Å². The summed E-state index contributed by atoms with van der Waals surface area (Å²) in [5, 5.41) is 3.17. The van der Waals surface area contributed by atoms with Gasteiger partial charge in [0, 0.05) is 17.7 Å². The fourth-order valence-corrected chi connectivity index (χ4v) is 2.93. The van der Waals surface area contributed by atoms with Crippen LogP contribution in [0.15, 0.2) is 12.1 Å². The average Bonchev–Trinajstić information content (AvgIpc) is 2.84. The lowest BCUT2D eigenvalue weighted by Gasteiger charge is -2.21. The lowest BCUT2D eigenvalue weighted by atomic mass is 9.92. The Morgan fingerprint density at radius 3 is 2.50 bits per heavy atom. The van der Waals surface area contributed by atoms with Crippen molar-refractivity contribution in [2.75, 3.05) is 7.05 Å². The molecule has 18 heavy (non-hydrogen) atoms. The summed E-state index contributed by atoms with van der Waals surface area (Å²) < 4.78 is 27.1. The van der Waals surface area contributed by atoms with E-state index in [1.807, 2.05) is 7.05 Å². The fraction of sp³-hybridized carbons (Fsp3) is 0.600. The van der Waals surface area contributed by atoms with Crippen molar-refractivity contribution >= 4 is 0 Å². The van der Waals surface area contributed by atoms with Crippen LogP contribution < -0.4 is 5.32 Å². The number of hydrogen-bond donors (Lipinski definition) is 1. The van der Waals surface area contributed by atoms with Gasteiger partial charge in [0.25, 0.3) is 0 Å². The number of nitrogens with one attached hydrogen (secondary N) is 1. The number of rotatable bonds is 4. The van der Waals surface area contributed by atoms with Crippen molar-refractivity contribution in [2.45, 2.75) is 45.1 Å². The fourth-order valence-electron chi connectivity index (χ4n) is 2.93. The summed E-state index contributed by atoms with van der Waals surface area (Å²) in [7, 11) is 1.84. The molecule has 0 heterocycles. The van der Waals surface area contributed by atoms with Gasteiger partial charge in [-0.25, -0.2) is 8.78 Å². The van der Waals surface area contributed by atoms with E-state index in [2.05, 4.69) is 5.32 Å². The zero-order valence-corrected chi connectivity index (χ0v) is 11.1. The Balaban J connectivity index is 2.18. The minimum atomic E-state index is -0.466. The lowest BCUT2D eigenvalue weighted by molar-refractivity contribution is 0.401. The average molecular weight is 253 g/mol. The second kappa shape index (κ2) is 5.79. The van der Waals surface area contributed by atoms with E-state index in [4.69, 9.17) is 0 Å². The van der Waals surface area contributed by atoms with E-state index >= 15 is 0 Å². The maximum absolute atomic E-state index is 13.9. The molecule has 1 N–H and O–H groups in total. The molecule has 0 aliphatic heterocycles. The first kappa shape index (κ1) is 13.5. The Kier molecular flexibility index (Phi) is 4.33. The molecule has 1 unspecified atom stereocenters. The molecule has 1 aromatic carbocycles. The van der Waals surface area contributed by atoms with E-state index in [0.717, 1.165) is 12.5 Å². The Labute approximate surface area is 108 Å². The van der Waals surface area contributed by atoms with Crippen LogP contribution in [0.3, 0.4) is 0 Å². The standard InChI is InChI=1S/C15H21F2N/c1-10-7-12(14(17)9-13(10)16)15(18-2)8-11-5-3-4-6-11/h7,9,11,15,18H,3-6,8H2,1-2H3. The molecule has 1 saturated carbocycles. The molecule has 0 aromatic heterocycles. The van der Waals surface area contributed by atoms with Gasteiger partial charge in [0.2, 0.25) is 0 Å². The molecular weight excluding hydrogens is 232 g/mol. The van der Waals surface area contributed by atoms with Gasteiger partial charge >= 0.3 is 0 Å². The molecule has 1 aromatic rings. The summed E-state index contributed by atoms with van der Waals surface area (Å²) in [6.45, 7) is 1.68. The zero-order valence-electron chi connectivity index (χ0n) is 11.1. The van der Waals surface area contributed by atoms with Gasteiger partial charge in [0.1, 0.15) is 11.6 Å². The summed E-state index contributed by atoms with van der Waals surface area (Å²) in [5.41, 5.74) is 1.11. The topological polar surface area (TPSA) is 12.0 Å². The van der Waals surface area contributed by atoms with Crippen LogP contribution in [-0.4, -0.2) is 7.05 Å². The molecule has 1 aliphatic carbocycles. The third kappa shape index (κ3) is 2.89. The highest BCUT2D eigenvalue weighted by atomic mass is 19.1. The highest BCUT2D eigenvalue weighted by Crippen LogP contribution is 2.34. The van der Waals surface area contributed by atoms with Crippen LogP contribution in [-0.2, 0) is 0 Å². The first-order chi connectivity index (χ1) is 8.61. The molecule has 1 aliphatic rings. The molecule has 0 amide bonds. The van der Waals surface area contributed by atoms with Crippen LogP contribution in [0.5, 0.6) is 0 Å². The van der Waals surface area contributed by atoms with Crippen molar-refractivity contribution < 1.29 is 8.78 Å².